The summed E-state index contributed by atoms with van der Waals surface area (Å²) >= 11 is 5.62. The van der Waals surface area contributed by atoms with Crippen molar-refractivity contribution < 1.29 is 14.3 Å². The van der Waals surface area contributed by atoms with Crippen LogP contribution in [0.3, 0.4) is 0 Å². The van der Waals surface area contributed by atoms with Gasteiger partial charge in [-0.15, -0.1) is 11.6 Å². The van der Waals surface area contributed by atoms with Crippen LogP contribution in [-0.4, -0.2) is 31.5 Å². The largest absolute Gasteiger partial charge is 0.486 e. The number of carbonyl (C=O) groups is 1. The van der Waals surface area contributed by atoms with E-state index in [0.29, 0.717) is 42.7 Å². The molecule has 0 bridgehead atoms. The van der Waals surface area contributed by atoms with E-state index >= 15 is 0 Å². The number of halogens is 1. The summed E-state index contributed by atoms with van der Waals surface area (Å²) in [6.07, 6.45) is 4.19. The maximum atomic E-state index is 12.1. The van der Waals surface area contributed by atoms with Crippen molar-refractivity contribution >= 4 is 17.5 Å². The quantitative estimate of drug-likeness (QED) is 0.622. The van der Waals surface area contributed by atoms with E-state index in [1.54, 1.807) is 6.07 Å². The van der Waals surface area contributed by atoms with Gasteiger partial charge in [0.05, 0.1) is 5.56 Å². The summed E-state index contributed by atoms with van der Waals surface area (Å²) in [5.41, 5.74) is 0.544. The third-order valence-corrected chi connectivity index (χ3v) is 3.42. The first-order chi connectivity index (χ1) is 9.83. The molecule has 1 N–H and O–H groups in total. The van der Waals surface area contributed by atoms with Crippen molar-refractivity contribution in [1.29, 1.82) is 0 Å². The molecule has 0 spiro atoms. The average molecular weight is 298 g/mol. The minimum atomic E-state index is -0.107. The molecule has 0 saturated heterocycles. The Bertz CT molecular complexity index is 451. The van der Waals surface area contributed by atoms with Crippen LogP contribution >= 0.6 is 11.6 Å². The van der Waals surface area contributed by atoms with Gasteiger partial charge in [-0.05, 0) is 25.0 Å². The molecule has 2 rings (SSSR count). The van der Waals surface area contributed by atoms with Gasteiger partial charge in [0.1, 0.15) is 13.2 Å². The lowest BCUT2D eigenvalue weighted by Crippen LogP contribution is -2.26. The Kier molecular flexibility index (Phi) is 5.99. The van der Waals surface area contributed by atoms with Gasteiger partial charge in [0.15, 0.2) is 11.5 Å². The third-order valence-electron chi connectivity index (χ3n) is 3.16. The standard InChI is InChI=1S/C15H20ClNO3/c16-8-3-1-2-4-9-17-15(18)12-6-5-7-13-14(12)20-11-10-19-13/h5-7H,1-4,8-11H2,(H,17,18). The van der Waals surface area contributed by atoms with E-state index in [0.717, 1.165) is 25.7 Å². The fraction of sp³-hybridized carbons (Fsp3) is 0.533. The van der Waals surface area contributed by atoms with Gasteiger partial charge in [0.25, 0.3) is 5.91 Å². The Morgan fingerprint density at radius 3 is 2.80 bits per heavy atom. The molecule has 0 unspecified atom stereocenters. The first kappa shape index (κ1) is 15.0. The Balaban J connectivity index is 1.83. The average Bonchev–Trinajstić information content (AvgIpc) is 2.50. The molecule has 1 aliphatic rings. The van der Waals surface area contributed by atoms with Gasteiger partial charge < -0.3 is 14.8 Å². The molecule has 0 aliphatic carbocycles. The van der Waals surface area contributed by atoms with Crippen molar-refractivity contribution in [1.82, 2.24) is 5.32 Å². The lowest BCUT2D eigenvalue weighted by Gasteiger charge is -2.20. The topological polar surface area (TPSA) is 47.6 Å². The zero-order valence-electron chi connectivity index (χ0n) is 11.5. The van der Waals surface area contributed by atoms with Crippen LogP contribution in [-0.2, 0) is 0 Å². The fourth-order valence-electron chi connectivity index (χ4n) is 2.12. The van der Waals surface area contributed by atoms with Gasteiger partial charge in [-0.3, -0.25) is 4.79 Å². The molecular weight excluding hydrogens is 278 g/mol. The van der Waals surface area contributed by atoms with Crippen LogP contribution < -0.4 is 14.8 Å². The number of amides is 1. The number of hydrogen-bond acceptors (Lipinski definition) is 3. The number of unbranched alkanes of at least 4 members (excludes halogenated alkanes) is 3. The van der Waals surface area contributed by atoms with E-state index in [2.05, 4.69) is 5.32 Å². The maximum Gasteiger partial charge on any atom is 0.255 e. The number of carbonyl (C=O) groups excluding carboxylic acids is 1. The molecule has 1 heterocycles. The van der Waals surface area contributed by atoms with Gasteiger partial charge in [0, 0.05) is 12.4 Å². The van der Waals surface area contributed by atoms with E-state index in [-0.39, 0.29) is 5.91 Å². The van der Waals surface area contributed by atoms with Crippen LogP contribution in [0.25, 0.3) is 0 Å². The van der Waals surface area contributed by atoms with Gasteiger partial charge in [-0.1, -0.05) is 18.9 Å². The summed E-state index contributed by atoms with van der Waals surface area (Å²) < 4.78 is 11.0. The number of nitrogens with one attached hydrogen (secondary N) is 1. The zero-order chi connectivity index (χ0) is 14.2. The smallest absolute Gasteiger partial charge is 0.255 e. The Morgan fingerprint density at radius 2 is 1.95 bits per heavy atom. The number of hydrogen-bond donors (Lipinski definition) is 1. The fourth-order valence-corrected chi connectivity index (χ4v) is 2.31. The maximum absolute atomic E-state index is 12.1. The van der Waals surface area contributed by atoms with E-state index < -0.39 is 0 Å². The van der Waals surface area contributed by atoms with E-state index in [4.69, 9.17) is 21.1 Å². The monoisotopic (exact) mass is 297 g/mol. The Labute approximate surface area is 124 Å². The number of benzene rings is 1. The molecule has 1 aliphatic heterocycles. The van der Waals surface area contributed by atoms with E-state index in [9.17, 15) is 4.79 Å². The van der Waals surface area contributed by atoms with Gasteiger partial charge in [-0.25, -0.2) is 0 Å². The highest BCUT2D eigenvalue weighted by Gasteiger charge is 2.19. The summed E-state index contributed by atoms with van der Waals surface area (Å²) in [6.45, 7) is 1.68. The minimum absolute atomic E-state index is 0.107. The highest BCUT2D eigenvalue weighted by molar-refractivity contribution is 6.17. The highest BCUT2D eigenvalue weighted by atomic mass is 35.5. The van der Waals surface area contributed by atoms with Crippen molar-refractivity contribution in [2.75, 3.05) is 25.6 Å². The number of rotatable bonds is 7. The van der Waals surface area contributed by atoms with Gasteiger partial charge >= 0.3 is 0 Å². The van der Waals surface area contributed by atoms with Crippen LogP contribution in [0.1, 0.15) is 36.0 Å². The first-order valence-electron chi connectivity index (χ1n) is 7.05. The molecule has 1 aromatic carbocycles. The number of para-hydroxylation sites is 1. The SMILES string of the molecule is O=C(NCCCCCCCl)c1cccc2c1OCCO2. The lowest BCUT2D eigenvalue weighted by molar-refractivity contribution is 0.0942. The zero-order valence-corrected chi connectivity index (χ0v) is 12.2. The summed E-state index contributed by atoms with van der Waals surface area (Å²) in [4.78, 5) is 12.1. The molecule has 4 nitrogen and oxygen atoms in total. The minimum Gasteiger partial charge on any atom is -0.486 e. The second kappa shape index (κ2) is 8.00. The summed E-state index contributed by atoms with van der Waals surface area (Å²) in [5, 5.41) is 2.92. The molecule has 0 atom stereocenters. The number of alkyl halides is 1. The summed E-state index contributed by atoms with van der Waals surface area (Å²) in [7, 11) is 0. The first-order valence-corrected chi connectivity index (χ1v) is 7.59. The summed E-state index contributed by atoms with van der Waals surface area (Å²) in [6, 6.07) is 5.39. The molecule has 0 aromatic heterocycles. The van der Waals surface area contributed by atoms with Crippen molar-refractivity contribution in [3.05, 3.63) is 23.8 Å². The second-order valence-electron chi connectivity index (χ2n) is 4.69. The predicted octanol–water partition coefficient (Wildman–Crippen LogP) is 2.99. The molecule has 110 valence electrons. The second-order valence-corrected chi connectivity index (χ2v) is 5.07. The van der Waals surface area contributed by atoms with Crippen molar-refractivity contribution in [2.45, 2.75) is 25.7 Å². The van der Waals surface area contributed by atoms with Crippen LogP contribution in [0.15, 0.2) is 18.2 Å². The van der Waals surface area contributed by atoms with Crippen LogP contribution in [0.4, 0.5) is 0 Å². The van der Waals surface area contributed by atoms with E-state index in [1.807, 2.05) is 12.1 Å². The molecule has 0 fully saturated rings. The predicted molar refractivity (Wildman–Crippen MR) is 79.0 cm³/mol. The van der Waals surface area contributed by atoms with Crippen molar-refractivity contribution in [3.8, 4) is 11.5 Å². The Morgan fingerprint density at radius 1 is 1.15 bits per heavy atom. The molecular formula is C15H20ClNO3. The molecule has 0 radical (unpaired) electrons. The van der Waals surface area contributed by atoms with E-state index in [1.165, 1.54) is 0 Å². The third kappa shape index (κ3) is 4.04. The number of fused-ring (bicyclic) bond motifs is 1. The van der Waals surface area contributed by atoms with Crippen molar-refractivity contribution in [3.63, 3.8) is 0 Å². The van der Waals surface area contributed by atoms with Gasteiger partial charge in [-0.2, -0.15) is 0 Å². The molecule has 0 saturated carbocycles. The lowest BCUT2D eigenvalue weighted by atomic mass is 10.1. The van der Waals surface area contributed by atoms with Crippen molar-refractivity contribution in [2.24, 2.45) is 0 Å². The highest BCUT2D eigenvalue weighted by Crippen LogP contribution is 2.33. The number of ether oxygens (including phenoxy) is 2. The molecule has 5 heteroatoms. The Hall–Kier alpha value is -1.42. The van der Waals surface area contributed by atoms with Crippen LogP contribution in [0.2, 0.25) is 0 Å². The molecule has 1 amide bonds. The van der Waals surface area contributed by atoms with Gasteiger partial charge in [0.2, 0.25) is 0 Å². The normalized spacial score (nSPS) is 13.1. The van der Waals surface area contributed by atoms with Crippen LogP contribution in [0.5, 0.6) is 11.5 Å². The molecule has 20 heavy (non-hydrogen) atoms. The van der Waals surface area contributed by atoms with Crippen LogP contribution in [0, 0.1) is 0 Å². The summed E-state index contributed by atoms with van der Waals surface area (Å²) in [5.74, 6) is 1.80. The molecule has 1 aromatic rings.